The van der Waals surface area contributed by atoms with Gasteiger partial charge in [-0.05, 0) is 67.1 Å². The van der Waals surface area contributed by atoms with E-state index in [9.17, 15) is 19.2 Å². The number of amides is 4. The normalized spacial score (nSPS) is 22.4. The first kappa shape index (κ1) is 26.3. The second kappa shape index (κ2) is 10.9. The molecule has 4 amide bonds. The number of nitrogens with zero attached hydrogens (tertiary/aromatic N) is 4. The number of imide groups is 1. The highest BCUT2D eigenvalue weighted by Gasteiger charge is 2.39. The first-order valence-corrected chi connectivity index (χ1v) is 14.3. The molecule has 2 aromatic carbocycles. The molecule has 10 nitrogen and oxygen atoms in total. The van der Waals surface area contributed by atoms with Crippen LogP contribution in [0.1, 0.15) is 52.0 Å². The Labute approximate surface area is 234 Å². The highest BCUT2D eigenvalue weighted by Crippen LogP contribution is 2.31. The van der Waals surface area contributed by atoms with Crippen LogP contribution in [0.2, 0.25) is 0 Å². The largest absolute Gasteiger partial charge is 0.372 e. The maximum atomic E-state index is 13.2. The number of piperazine rings is 1. The molecule has 0 spiro atoms. The van der Waals surface area contributed by atoms with Crippen molar-refractivity contribution in [2.24, 2.45) is 11.7 Å². The van der Waals surface area contributed by atoms with Gasteiger partial charge in [-0.25, -0.2) is 0 Å². The van der Waals surface area contributed by atoms with Gasteiger partial charge < -0.3 is 20.4 Å². The van der Waals surface area contributed by atoms with Crippen molar-refractivity contribution >= 4 is 35.0 Å². The maximum Gasteiger partial charge on any atom is 0.255 e. The lowest BCUT2D eigenvalue weighted by Gasteiger charge is -2.40. The van der Waals surface area contributed by atoms with Crippen LogP contribution >= 0.6 is 0 Å². The highest BCUT2D eigenvalue weighted by molar-refractivity contribution is 6.05. The molecule has 4 aliphatic rings. The topological polar surface area (TPSA) is 119 Å². The van der Waals surface area contributed by atoms with Gasteiger partial charge in [-0.3, -0.25) is 29.4 Å². The fraction of sp³-hybridized carbons (Fsp3) is 0.467. The number of hydrogen-bond acceptors (Lipinski definition) is 7. The zero-order chi connectivity index (χ0) is 27.8. The van der Waals surface area contributed by atoms with E-state index in [0.717, 1.165) is 75.6 Å². The molecule has 10 heteroatoms. The molecule has 0 saturated carbocycles. The van der Waals surface area contributed by atoms with E-state index in [1.54, 1.807) is 17.0 Å². The number of piperidine rings is 2. The maximum absolute atomic E-state index is 13.2. The van der Waals surface area contributed by atoms with Crippen LogP contribution in [0.5, 0.6) is 0 Å². The predicted octanol–water partition coefficient (Wildman–Crippen LogP) is 1.59. The van der Waals surface area contributed by atoms with Crippen LogP contribution in [-0.4, -0.2) is 85.3 Å². The molecule has 3 N–H and O–H groups in total. The van der Waals surface area contributed by atoms with Crippen LogP contribution in [0.15, 0.2) is 42.5 Å². The molecule has 3 fully saturated rings. The quantitative estimate of drug-likeness (QED) is 0.530. The van der Waals surface area contributed by atoms with E-state index < -0.39 is 11.9 Å². The number of fused-ring (bicyclic) bond motifs is 1. The summed E-state index contributed by atoms with van der Waals surface area (Å²) in [6.07, 6.45) is 2.93. The summed E-state index contributed by atoms with van der Waals surface area (Å²) in [6.45, 7) is 7.34. The summed E-state index contributed by atoms with van der Waals surface area (Å²) in [5.74, 6) is -0.501. The van der Waals surface area contributed by atoms with Gasteiger partial charge >= 0.3 is 0 Å². The number of anilines is 2. The van der Waals surface area contributed by atoms with E-state index in [1.165, 1.54) is 0 Å². The monoisotopic (exact) mass is 544 g/mol. The molecule has 0 aromatic heterocycles. The van der Waals surface area contributed by atoms with Crippen molar-refractivity contribution in [2.45, 2.75) is 38.3 Å². The van der Waals surface area contributed by atoms with Crippen molar-refractivity contribution in [1.82, 2.24) is 15.1 Å². The Morgan fingerprint density at radius 1 is 0.850 bits per heavy atom. The number of nitrogens with two attached hydrogens (primary N) is 1. The van der Waals surface area contributed by atoms with Crippen LogP contribution in [0.3, 0.4) is 0 Å². The number of benzene rings is 2. The minimum atomic E-state index is -0.584. The summed E-state index contributed by atoms with van der Waals surface area (Å²) in [5.41, 5.74) is 9.70. The van der Waals surface area contributed by atoms with Crippen molar-refractivity contribution < 1.29 is 19.2 Å². The molecule has 1 atom stereocenters. The van der Waals surface area contributed by atoms with Gasteiger partial charge in [-0.2, -0.15) is 0 Å². The van der Waals surface area contributed by atoms with E-state index in [4.69, 9.17) is 5.73 Å². The van der Waals surface area contributed by atoms with Gasteiger partial charge in [0.05, 0.1) is 0 Å². The molecule has 3 saturated heterocycles. The third kappa shape index (κ3) is 5.28. The molecule has 0 radical (unpaired) electrons. The molecule has 4 aliphatic heterocycles. The lowest BCUT2D eigenvalue weighted by atomic mass is 9.95. The standard InChI is InChI=1S/C30H36N6O4/c31-28(38)21-1-4-23(5-2-21)34-11-9-20(10-12-34)18-33-13-15-35(16-14-33)24-6-3-22-19-36(30(40)25(22)17-24)26-7-8-27(37)32-29(26)39/h1-6,17,20,26H,7-16,18-19H2,(H2,31,38)(H,32,37,39). The molecular weight excluding hydrogens is 508 g/mol. The van der Waals surface area contributed by atoms with Crippen molar-refractivity contribution in [3.8, 4) is 0 Å². The lowest BCUT2D eigenvalue weighted by Crippen LogP contribution is -2.52. The van der Waals surface area contributed by atoms with Gasteiger partial charge in [0.15, 0.2) is 0 Å². The second-order valence-electron chi connectivity index (χ2n) is 11.4. The average molecular weight is 545 g/mol. The molecular formula is C30H36N6O4. The summed E-state index contributed by atoms with van der Waals surface area (Å²) in [7, 11) is 0. The van der Waals surface area contributed by atoms with Gasteiger partial charge in [0.1, 0.15) is 6.04 Å². The Morgan fingerprint density at radius 3 is 2.20 bits per heavy atom. The average Bonchev–Trinajstić information content (AvgIpc) is 3.29. The third-order valence-electron chi connectivity index (χ3n) is 8.90. The van der Waals surface area contributed by atoms with Crippen LogP contribution in [0.25, 0.3) is 0 Å². The van der Waals surface area contributed by atoms with E-state index in [2.05, 4.69) is 26.1 Å². The van der Waals surface area contributed by atoms with Crippen molar-refractivity contribution in [1.29, 1.82) is 0 Å². The summed E-state index contributed by atoms with van der Waals surface area (Å²) in [6, 6.07) is 13.1. The fourth-order valence-electron chi connectivity index (χ4n) is 6.50. The molecule has 4 heterocycles. The van der Waals surface area contributed by atoms with Gasteiger partial charge in [0.25, 0.3) is 5.91 Å². The lowest BCUT2D eigenvalue weighted by molar-refractivity contribution is -0.136. The first-order chi connectivity index (χ1) is 19.4. The van der Waals surface area contributed by atoms with Gasteiger partial charge in [-0.15, -0.1) is 0 Å². The zero-order valence-corrected chi connectivity index (χ0v) is 22.7. The highest BCUT2D eigenvalue weighted by atomic mass is 16.2. The summed E-state index contributed by atoms with van der Waals surface area (Å²) in [5, 5.41) is 2.36. The first-order valence-electron chi connectivity index (χ1n) is 14.3. The Balaban J connectivity index is 0.989. The van der Waals surface area contributed by atoms with Crippen LogP contribution in [0, 0.1) is 5.92 Å². The van der Waals surface area contributed by atoms with Gasteiger partial charge in [0, 0.05) is 81.3 Å². The number of rotatable bonds is 6. The Morgan fingerprint density at radius 2 is 1.52 bits per heavy atom. The number of carbonyl (C=O) groups excluding carboxylic acids is 4. The van der Waals surface area contributed by atoms with E-state index >= 15 is 0 Å². The molecule has 40 heavy (non-hydrogen) atoms. The van der Waals surface area contributed by atoms with E-state index in [0.29, 0.717) is 30.0 Å². The number of carbonyl (C=O) groups is 4. The van der Waals surface area contributed by atoms with Gasteiger partial charge in [-0.1, -0.05) is 6.07 Å². The van der Waals surface area contributed by atoms with Crippen molar-refractivity contribution in [3.05, 3.63) is 59.2 Å². The van der Waals surface area contributed by atoms with Crippen LogP contribution < -0.4 is 20.9 Å². The fourth-order valence-corrected chi connectivity index (χ4v) is 6.50. The number of hydrogen-bond donors (Lipinski definition) is 2. The van der Waals surface area contributed by atoms with Gasteiger partial charge in [0.2, 0.25) is 17.7 Å². The van der Waals surface area contributed by atoms with Crippen molar-refractivity contribution in [2.75, 3.05) is 55.6 Å². The summed E-state index contributed by atoms with van der Waals surface area (Å²) < 4.78 is 0. The molecule has 0 bridgehead atoms. The molecule has 1 unspecified atom stereocenters. The minimum Gasteiger partial charge on any atom is -0.372 e. The molecule has 210 valence electrons. The predicted molar refractivity (Wildman–Crippen MR) is 151 cm³/mol. The van der Waals surface area contributed by atoms with Crippen LogP contribution in [0.4, 0.5) is 11.4 Å². The smallest absolute Gasteiger partial charge is 0.255 e. The molecule has 6 rings (SSSR count). The molecule has 2 aromatic rings. The third-order valence-corrected chi connectivity index (χ3v) is 8.90. The SMILES string of the molecule is NC(=O)c1ccc(N2CCC(CN3CCN(c4ccc5c(c4)C(=O)N(C4CCC(=O)NC4=O)C5)CC3)CC2)cc1. The van der Waals surface area contributed by atoms with E-state index in [1.807, 2.05) is 24.3 Å². The number of nitrogens with one attached hydrogen (secondary N) is 1. The molecule has 0 aliphatic carbocycles. The second-order valence-corrected chi connectivity index (χ2v) is 11.4. The van der Waals surface area contributed by atoms with Crippen molar-refractivity contribution in [3.63, 3.8) is 0 Å². The zero-order valence-electron chi connectivity index (χ0n) is 22.7. The van der Waals surface area contributed by atoms with Crippen LogP contribution in [-0.2, 0) is 16.1 Å². The minimum absolute atomic E-state index is 0.125. The summed E-state index contributed by atoms with van der Waals surface area (Å²) >= 11 is 0. The Hall–Kier alpha value is -3.92. The Bertz CT molecular complexity index is 1310. The summed E-state index contributed by atoms with van der Waals surface area (Å²) in [4.78, 5) is 57.3. The van der Waals surface area contributed by atoms with E-state index in [-0.39, 0.29) is 24.1 Å². The number of primary amides is 1. The Kier molecular flexibility index (Phi) is 7.18.